The van der Waals surface area contributed by atoms with Crippen molar-refractivity contribution in [3.63, 3.8) is 0 Å². The van der Waals surface area contributed by atoms with Gasteiger partial charge in [0.2, 0.25) is 5.91 Å². The Morgan fingerprint density at radius 2 is 1.80 bits per heavy atom. The molecule has 0 aliphatic heterocycles. The number of hydrogen-bond donors (Lipinski definition) is 2. The molecule has 112 valence electrons. The summed E-state index contributed by atoms with van der Waals surface area (Å²) in [5.41, 5.74) is 2.36. The summed E-state index contributed by atoms with van der Waals surface area (Å²) in [6.45, 7) is 6.76. The van der Waals surface area contributed by atoms with Gasteiger partial charge in [0, 0.05) is 32.4 Å². The van der Waals surface area contributed by atoms with E-state index in [2.05, 4.69) is 46.7 Å². The number of anilines is 1. The van der Waals surface area contributed by atoms with Crippen LogP contribution in [-0.4, -0.2) is 32.6 Å². The Balaban J connectivity index is 2.57. The van der Waals surface area contributed by atoms with Crippen LogP contribution in [0, 0.1) is 0 Å². The Bertz CT molecular complexity index is 414. The quantitative estimate of drug-likeness (QED) is 0.804. The minimum atomic E-state index is -0.190. The van der Waals surface area contributed by atoms with Crippen molar-refractivity contribution in [2.24, 2.45) is 0 Å². The first-order valence-electron chi connectivity index (χ1n) is 7.26. The van der Waals surface area contributed by atoms with E-state index in [1.165, 1.54) is 11.3 Å². The normalized spacial score (nSPS) is 13.7. The van der Waals surface area contributed by atoms with Crippen molar-refractivity contribution in [2.45, 2.75) is 39.3 Å². The number of nitrogens with zero attached hydrogens (tertiary/aromatic N) is 1. The molecule has 0 heterocycles. The Morgan fingerprint density at radius 1 is 1.20 bits per heavy atom. The second kappa shape index (κ2) is 7.90. The molecule has 0 aromatic heterocycles. The van der Waals surface area contributed by atoms with Crippen molar-refractivity contribution in [3.05, 3.63) is 29.8 Å². The predicted molar refractivity (Wildman–Crippen MR) is 85.1 cm³/mol. The van der Waals surface area contributed by atoms with Crippen molar-refractivity contribution in [1.82, 2.24) is 10.6 Å². The third kappa shape index (κ3) is 4.85. The molecule has 0 saturated heterocycles. The number of carbonyl (C=O) groups excluding carboxylic acids is 1. The molecule has 0 saturated carbocycles. The molecule has 2 atom stereocenters. The summed E-state index contributed by atoms with van der Waals surface area (Å²) in [5.74, 6) is 0.0589. The van der Waals surface area contributed by atoms with Crippen LogP contribution in [0.25, 0.3) is 0 Å². The summed E-state index contributed by atoms with van der Waals surface area (Å²) >= 11 is 0. The van der Waals surface area contributed by atoms with Gasteiger partial charge in [-0.05, 0) is 38.0 Å². The van der Waals surface area contributed by atoms with E-state index in [4.69, 9.17) is 0 Å². The standard InChI is InChI=1S/C16H27N3O/c1-6-11-17-16(20)13(3)18-12(2)14-7-9-15(10-8-14)19(4)5/h7-10,12-13,18H,6,11H2,1-5H3,(H,17,20). The molecule has 0 aliphatic rings. The summed E-state index contributed by atoms with van der Waals surface area (Å²) in [6, 6.07) is 8.34. The smallest absolute Gasteiger partial charge is 0.236 e. The highest BCUT2D eigenvalue weighted by atomic mass is 16.2. The molecule has 20 heavy (non-hydrogen) atoms. The molecule has 2 unspecified atom stereocenters. The summed E-state index contributed by atoms with van der Waals surface area (Å²) in [6.07, 6.45) is 0.958. The first kappa shape index (κ1) is 16.5. The lowest BCUT2D eigenvalue weighted by atomic mass is 10.1. The fourth-order valence-electron chi connectivity index (χ4n) is 2.01. The maximum atomic E-state index is 11.8. The monoisotopic (exact) mass is 277 g/mol. The number of carbonyl (C=O) groups is 1. The highest BCUT2D eigenvalue weighted by molar-refractivity contribution is 5.81. The van der Waals surface area contributed by atoms with Gasteiger partial charge >= 0.3 is 0 Å². The average Bonchev–Trinajstić information content (AvgIpc) is 2.44. The number of rotatable bonds is 7. The molecule has 0 spiro atoms. The minimum Gasteiger partial charge on any atom is -0.378 e. The van der Waals surface area contributed by atoms with Gasteiger partial charge in [0.1, 0.15) is 0 Å². The lowest BCUT2D eigenvalue weighted by molar-refractivity contribution is -0.122. The van der Waals surface area contributed by atoms with Crippen molar-refractivity contribution in [1.29, 1.82) is 0 Å². The molecular formula is C16H27N3O. The van der Waals surface area contributed by atoms with Crippen LogP contribution in [0.2, 0.25) is 0 Å². The van der Waals surface area contributed by atoms with E-state index in [1.54, 1.807) is 0 Å². The van der Waals surface area contributed by atoms with Gasteiger partial charge in [-0.15, -0.1) is 0 Å². The molecule has 0 radical (unpaired) electrons. The maximum Gasteiger partial charge on any atom is 0.236 e. The van der Waals surface area contributed by atoms with Crippen LogP contribution in [0.1, 0.15) is 38.8 Å². The van der Waals surface area contributed by atoms with E-state index in [9.17, 15) is 4.79 Å². The highest BCUT2D eigenvalue weighted by Gasteiger charge is 2.15. The third-order valence-electron chi connectivity index (χ3n) is 3.35. The molecule has 2 N–H and O–H groups in total. The van der Waals surface area contributed by atoms with E-state index in [0.717, 1.165) is 13.0 Å². The Morgan fingerprint density at radius 3 is 2.30 bits per heavy atom. The number of nitrogens with one attached hydrogen (secondary N) is 2. The van der Waals surface area contributed by atoms with Crippen LogP contribution in [0.5, 0.6) is 0 Å². The van der Waals surface area contributed by atoms with Crippen LogP contribution in [0.4, 0.5) is 5.69 Å². The van der Waals surface area contributed by atoms with Gasteiger partial charge in [-0.1, -0.05) is 19.1 Å². The number of benzene rings is 1. The van der Waals surface area contributed by atoms with Crippen LogP contribution in [-0.2, 0) is 4.79 Å². The molecule has 0 fully saturated rings. The lowest BCUT2D eigenvalue weighted by Crippen LogP contribution is -2.43. The van der Waals surface area contributed by atoms with Crippen LogP contribution >= 0.6 is 0 Å². The van der Waals surface area contributed by atoms with Crippen LogP contribution in [0.15, 0.2) is 24.3 Å². The molecule has 1 aromatic rings. The lowest BCUT2D eigenvalue weighted by Gasteiger charge is -2.21. The van der Waals surface area contributed by atoms with E-state index >= 15 is 0 Å². The summed E-state index contributed by atoms with van der Waals surface area (Å²) < 4.78 is 0. The molecule has 1 aromatic carbocycles. The number of hydrogen-bond acceptors (Lipinski definition) is 3. The van der Waals surface area contributed by atoms with Crippen molar-refractivity contribution in [3.8, 4) is 0 Å². The van der Waals surface area contributed by atoms with E-state index in [1.807, 2.05) is 27.9 Å². The SMILES string of the molecule is CCCNC(=O)C(C)NC(C)c1ccc(N(C)C)cc1. The minimum absolute atomic E-state index is 0.0589. The van der Waals surface area contributed by atoms with Crippen molar-refractivity contribution < 1.29 is 4.79 Å². The van der Waals surface area contributed by atoms with Crippen molar-refractivity contribution >= 4 is 11.6 Å². The van der Waals surface area contributed by atoms with Gasteiger partial charge in [-0.2, -0.15) is 0 Å². The Kier molecular flexibility index (Phi) is 6.52. The summed E-state index contributed by atoms with van der Waals surface area (Å²) in [7, 11) is 4.05. The van der Waals surface area contributed by atoms with Gasteiger partial charge in [-0.3, -0.25) is 10.1 Å². The first-order chi connectivity index (χ1) is 9.45. The molecule has 4 heteroatoms. The second-order valence-corrected chi connectivity index (χ2v) is 5.39. The second-order valence-electron chi connectivity index (χ2n) is 5.39. The average molecular weight is 277 g/mol. The largest absolute Gasteiger partial charge is 0.378 e. The molecule has 1 amide bonds. The molecule has 0 bridgehead atoms. The highest BCUT2D eigenvalue weighted by Crippen LogP contribution is 2.17. The Labute approximate surface area is 122 Å². The van der Waals surface area contributed by atoms with Crippen LogP contribution in [0.3, 0.4) is 0 Å². The molecule has 0 aliphatic carbocycles. The van der Waals surface area contributed by atoms with E-state index < -0.39 is 0 Å². The zero-order chi connectivity index (χ0) is 15.1. The molecule has 1 rings (SSSR count). The van der Waals surface area contributed by atoms with Gasteiger partial charge < -0.3 is 10.2 Å². The van der Waals surface area contributed by atoms with Gasteiger partial charge in [0.25, 0.3) is 0 Å². The zero-order valence-electron chi connectivity index (χ0n) is 13.2. The van der Waals surface area contributed by atoms with E-state index in [-0.39, 0.29) is 18.0 Å². The topological polar surface area (TPSA) is 44.4 Å². The fourth-order valence-corrected chi connectivity index (χ4v) is 2.01. The summed E-state index contributed by atoms with van der Waals surface area (Å²) in [4.78, 5) is 13.9. The first-order valence-corrected chi connectivity index (χ1v) is 7.26. The van der Waals surface area contributed by atoms with Crippen LogP contribution < -0.4 is 15.5 Å². The summed E-state index contributed by atoms with van der Waals surface area (Å²) in [5, 5.41) is 6.23. The van der Waals surface area contributed by atoms with Gasteiger partial charge in [0.15, 0.2) is 0 Å². The molecular weight excluding hydrogens is 250 g/mol. The van der Waals surface area contributed by atoms with Gasteiger partial charge in [-0.25, -0.2) is 0 Å². The van der Waals surface area contributed by atoms with E-state index in [0.29, 0.717) is 0 Å². The molecule has 4 nitrogen and oxygen atoms in total. The third-order valence-corrected chi connectivity index (χ3v) is 3.35. The zero-order valence-corrected chi connectivity index (χ0v) is 13.2. The Hall–Kier alpha value is -1.55. The predicted octanol–water partition coefficient (Wildman–Crippen LogP) is 2.32. The fraction of sp³-hybridized carbons (Fsp3) is 0.562. The van der Waals surface area contributed by atoms with Crippen molar-refractivity contribution in [2.75, 3.05) is 25.5 Å². The maximum absolute atomic E-state index is 11.8. The number of amides is 1. The van der Waals surface area contributed by atoms with Gasteiger partial charge in [0.05, 0.1) is 6.04 Å².